The first kappa shape index (κ1) is 19.7. The van der Waals surface area contributed by atoms with Gasteiger partial charge in [0.15, 0.2) is 0 Å². The van der Waals surface area contributed by atoms with Gasteiger partial charge in [-0.05, 0) is 29.3 Å². The molecule has 5 nitrogen and oxygen atoms in total. The van der Waals surface area contributed by atoms with E-state index in [-0.39, 0.29) is 5.91 Å². The molecular formula is C21H17Cl2N3O2. The largest absolute Gasteiger partial charge is 0.337 e. The van der Waals surface area contributed by atoms with Gasteiger partial charge >= 0.3 is 6.03 Å². The van der Waals surface area contributed by atoms with Gasteiger partial charge in [0, 0.05) is 5.69 Å². The lowest BCUT2D eigenvalue weighted by molar-refractivity contribution is -0.122. The molecule has 0 heterocycles. The minimum atomic E-state index is -0.605. The number of hydrogen-bond donors (Lipinski definition) is 3. The molecule has 0 saturated carbocycles. The van der Waals surface area contributed by atoms with Gasteiger partial charge in [0.2, 0.25) is 5.91 Å². The molecule has 3 N–H and O–H groups in total. The Labute approximate surface area is 172 Å². The number of nitrogens with one attached hydrogen (secondary N) is 3. The lowest BCUT2D eigenvalue weighted by Gasteiger charge is -2.18. The summed E-state index contributed by atoms with van der Waals surface area (Å²) in [6.45, 7) is 0. The molecule has 28 heavy (non-hydrogen) atoms. The van der Waals surface area contributed by atoms with Gasteiger partial charge in [-0.25, -0.2) is 10.2 Å². The van der Waals surface area contributed by atoms with Gasteiger partial charge < -0.3 is 5.32 Å². The van der Waals surface area contributed by atoms with E-state index >= 15 is 0 Å². The fourth-order valence-corrected chi connectivity index (χ4v) is 3.01. The highest BCUT2D eigenvalue weighted by molar-refractivity contribution is 6.42. The average Bonchev–Trinajstić information content (AvgIpc) is 2.71. The van der Waals surface area contributed by atoms with Crippen molar-refractivity contribution in [3.05, 3.63) is 100 Å². The predicted octanol–water partition coefficient (Wildman–Crippen LogP) is 4.98. The van der Waals surface area contributed by atoms with E-state index in [1.54, 1.807) is 12.1 Å². The maximum absolute atomic E-state index is 12.8. The Balaban J connectivity index is 1.68. The van der Waals surface area contributed by atoms with Crippen LogP contribution in [-0.4, -0.2) is 11.9 Å². The fraction of sp³-hybridized carbons (Fsp3) is 0.0476. The SMILES string of the molecule is O=C(NNC(=O)C(c1ccccc1)c1ccccc1)Nc1ccc(Cl)c(Cl)c1. The van der Waals surface area contributed by atoms with Crippen molar-refractivity contribution in [3.8, 4) is 0 Å². The maximum Gasteiger partial charge on any atom is 0.337 e. The number of carbonyl (C=O) groups is 2. The molecular weight excluding hydrogens is 397 g/mol. The molecule has 142 valence electrons. The number of hydrogen-bond acceptors (Lipinski definition) is 2. The Morgan fingerprint density at radius 1 is 0.714 bits per heavy atom. The van der Waals surface area contributed by atoms with Gasteiger partial charge in [0.05, 0.1) is 16.0 Å². The second-order valence-corrected chi connectivity index (χ2v) is 6.77. The summed E-state index contributed by atoms with van der Waals surface area (Å²) in [7, 11) is 0. The van der Waals surface area contributed by atoms with Crippen LogP contribution in [0.4, 0.5) is 10.5 Å². The lowest BCUT2D eigenvalue weighted by Crippen LogP contribution is -2.46. The quantitative estimate of drug-likeness (QED) is 0.527. The van der Waals surface area contributed by atoms with Crippen LogP contribution in [-0.2, 0) is 4.79 Å². The third-order valence-electron chi connectivity index (χ3n) is 4.00. The molecule has 0 unspecified atom stereocenters. The van der Waals surface area contributed by atoms with Gasteiger partial charge in [-0.1, -0.05) is 83.9 Å². The Bertz CT molecular complexity index is 926. The minimum Gasteiger partial charge on any atom is -0.307 e. The number of amides is 3. The zero-order valence-corrected chi connectivity index (χ0v) is 16.2. The van der Waals surface area contributed by atoms with E-state index in [2.05, 4.69) is 16.2 Å². The van der Waals surface area contributed by atoms with E-state index in [0.717, 1.165) is 11.1 Å². The van der Waals surface area contributed by atoms with Gasteiger partial charge in [-0.3, -0.25) is 10.2 Å². The van der Waals surface area contributed by atoms with Gasteiger partial charge in [0.25, 0.3) is 0 Å². The normalized spacial score (nSPS) is 10.4. The van der Waals surface area contributed by atoms with Crippen LogP contribution in [0.2, 0.25) is 10.0 Å². The first-order valence-electron chi connectivity index (χ1n) is 8.46. The van der Waals surface area contributed by atoms with Crippen molar-refractivity contribution in [1.82, 2.24) is 10.9 Å². The predicted molar refractivity (Wildman–Crippen MR) is 111 cm³/mol. The molecule has 0 aliphatic carbocycles. The van der Waals surface area contributed by atoms with Crippen LogP contribution >= 0.6 is 23.2 Å². The molecule has 0 bridgehead atoms. The molecule has 0 aliphatic heterocycles. The highest BCUT2D eigenvalue weighted by Gasteiger charge is 2.22. The smallest absolute Gasteiger partial charge is 0.307 e. The van der Waals surface area contributed by atoms with E-state index in [1.165, 1.54) is 6.07 Å². The highest BCUT2D eigenvalue weighted by Crippen LogP contribution is 2.25. The van der Waals surface area contributed by atoms with Crippen LogP contribution in [0.5, 0.6) is 0 Å². The van der Waals surface area contributed by atoms with Crippen LogP contribution in [0.15, 0.2) is 78.9 Å². The molecule has 7 heteroatoms. The number of carbonyl (C=O) groups excluding carboxylic acids is 2. The lowest BCUT2D eigenvalue weighted by atomic mass is 9.91. The van der Waals surface area contributed by atoms with Crippen LogP contribution in [0.1, 0.15) is 17.0 Å². The number of benzene rings is 3. The van der Waals surface area contributed by atoms with Gasteiger partial charge in [-0.2, -0.15) is 0 Å². The zero-order valence-electron chi connectivity index (χ0n) is 14.7. The first-order valence-corrected chi connectivity index (χ1v) is 9.22. The molecule has 3 aromatic rings. The summed E-state index contributed by atoms with van der Waals surface area (Å²) >= 11 is 11.8. The van der Waals surface area contributed by atoms with Gasteiger partial charge in [0.1, 0.15) is 0 Å². The number of halogens is 2. The molecule has 3 amide bonds. The molecule has 0 atom stereocenters. The fourth-order valence-electron chi connectivity index (χ4n) is 2.71. The molecule has 0 aliphatic rings. The van der Waals surface area contributed by atoms with Crippen molar-refractivity contribution in [2.24, 2.45) is 0 Å². The van der Waals surface area contributed by atoms with Crippen molar-refractivity contribution in [2.75, 3.05) is 5.32 Å². The van der Waals surface area contributed by atoms with Crippen molar-refractivity contribution in [2.45, 2.75) is 5.92 Å². The minimum absolute atomic E-state index is 0.316. The molecule has 0 fully saturated rings. The Kier molecular flexibility index (Phi) is 6.53. The Morgan fingerprint density at radius 2 is 1.29 bits per heavy atom. The number of hydrazine groups is 1. The van der Waals surface area contributed by atoms with E-state index in [1.807, 2.05) is 60.7 Å². The average molecular weight is 414 g/mol. The summed E-state index contributed by atoms with van der Waals surface area (Å²) in [6, 6.07) is 22.8. The van der Waals surface area contributed by atoms with Crippen molar-refractivity contribution >= 4 is 40.8 Å². The summed E-state index contributed by atoms with van der Waals surface area (Å²) in [5, 5.41) is 3.28. The maximum atomic E-state index is 12.8. The Hall–Kier alpha value is -3.02. The number of rotatable bonds is 4. The zero-order chi connectivity index (χ0) is 19.9. The van der Waals surface area contributed by atoms with E-state index in [9.17, 15) is 9.59 Å². The first-order chi connectivity index (χ1) is 13.5. The molecule has 3 aromatic carbocycles. The topological polar surface area (TPSA) is 70.2 Å². The van der Waals surface area contributed by atoms with E-state index < -0.39 is 11.9 Å². The molecule has 0 spiro atoms. The third kappa shape index (κ3) is 5.03. The van der Waals surface area contributed by atoms with Gasteiger partial charge in [-0.15, -0.1) is 0 Å². The van der Waals surface area contributed by atoms with Crippen molar-refractivity contribution in [3.63, 3.8) is 0 Å². The number of urea groups is 1. The molecule has 3 rings (SSSR count). The third-order valence-corrected chi connectivity index (χ3v) is 4.74. The van der Waals surface area contributed by atoms with Crippen LogP contribution in [0.3, 0.4) is 0 Å². The summed E-state index contributed by atoms with van der Waals surface area (Å²) < 4.78 is 0. The van der Waals surface area contributed by atoms with Crippen molar-refractivity contribution in [1.29, 1.82) is 0 Å². The second kappa shape index (κ2) is 9.26. The van der Waals surface area contributed by atoms with E-state index in [0.29, 0.717) is 15.7 Å². The summed E-state index contributed by atoms with van der Waals surface area (Å²) in [4.78, 5) is 24.9. The summed E-state index contributed by atoms with van der Waals surface area (Å²) in [5.74, 6) is -0.922. The standard InChI is InChI=1S/C21H17Cl2N3O2/c22-17-12-11-16(13-18(17)23)24-21(28)26-25-20(27)19(14-7-3-1-4-8-14)15-9-5-2-6-10-15/h1-13,19H,(H,25,27)(H2,24,26,28). The van der Waals surface area contributed by atoms with Crippen molar-refractivity contribution < 1.29 is 9.59 Å². The van der Waals surface area contributed by atoms with Crippen LogP contribution in [0, 0.1) is 0 Å². The molecule has 0 saturated heterocycles. The monoisotopic (exact) mass is 413 g/mol. The summed E-state index contributed by atoms with van der Waals surface area (Å²) in [5.41, 5.74) is 6.91. The second-order valence-electron chi connectivity index (χ2n) is 5.95. The Morgan fingerprint density at radius 3 is 1.82 bits per heavy atom. The van der Waals surface area contributed by atoms with E-state index in [4.69, 9.17) is 23.2 Å². The number of anilines is 1. The van der Waals surface area contributed by atoms with Crippen LogP contribution < -0.4 is 16.2 Å². The molecule has 0 aromatic heterocycles. The highest BCUT2D eigenvalue weighted by atomic mass is 35.5. The van der Waals surface area contributed by atoms with Crippen LogP contribution in [0.25, 0.3) is 0 Å². The molecule has 0 radical (unpaired) electrons. The summed E-state index contributed by atoms with van der Waals surface area (Å²) in [6.07, 6.45) is 0.